The first-order valence-corrected chi connectivity index (χ1v) is 15.4. The number of amides is 2. The van der Waals surface area contributed by atoms with Gasteiger partial charge >= 0.3 is 12.5 Å². The van der Waals surface area contributed by atoms with Gasteiger partial charge in [0.1, 0.15) is 5.75 Å². The van der Waals surface area contributed by atoms with Crippen LogP contribution in [0, 0.1) is 0 Å². The highest BCUT2D eigenvalue weighted by molar-refractivity contribution is 7.89. The Kier molecular flexibility index (Phi) is 9.03. The Labute approximate surface area is 261 Å². The molecule has 2 amide bonds. The van der Waals surface area contributed by atoms with Gasteiger partial charge in [-0.05, 0) is 48.7 Å². The van der Waals surface area contributed by atoms with Gasteiger partial charge in [0, 0.05) is 31.7 Å². The number of benzene rings is 2. The lowest BCUT2D eigenvalue weighted by molar-refractivity contribution is -0.0498. The number of nitrogens with zero attached hydrogens (tertiary/aromatic N) is 4. The molecule has 5 rings (SSSR count). The average Bonchev–Trinajstić information content (AvgIpc) is 3.39. The van der Waals surface area contributed by atoms with Crippen LogP contribution in [0.4, 0.5) is 20.4 Å². The fourth-order valence-electron chi connectivity index (χ4n) is 4.93. The second-order valence-corrected chi connectivity index (χ2v) is 12.5. The maximum absolute atomic E-state index is 13.3. The van der Waals surface area contributed by atoms with Crippen molar-refractivity contribution < 1.29 is 31.5 Å². The van der Waals surface area contributed by atoms with E-state index in [2.05, 4.69) is 35.1 Å². The van der Waals surface area contributed by atoms with Crippen LogP contribution in [0.3, 0.4) is 0 Å². The van der Waals surface area contributed by atoms with Crippen molar-refractivity contribution in [2.75, 3.05) is 31.1 Å². The number of carbonyl (C=O) groups is 2. The highest BCUT2D eigenvalue weighted by atomic mass is 35.5. The van der Waals surface area contributed by atoms with Crippen LogP contribution in [0.5, 0.6) is 5.75 Å². The minimum Gasteiger partial charge on any atom is -0.435 e. The Hall–Kier alpha value is -4.61. The van der Waals surface area contributed by atoms with Crippen molar-refractivity contribution >= 4 is 51.0 Å². The largest absolute Gasteiger partial charge is 0.435 e. The molecule has 0 aliphatic carbocycles. The molecular formula is C27H28ClF2N9O5S. The lowest BCUT2D eigenvalue weighted by Gasteiger charge is -2.38. The summed E-state index contributed by atoms with van der Waals surface area (Å²) in [5.41, 5.74) is 11.2. The highest BCUT2D eigenvalue weighted by Crippen LogP contribution is 2.26. The molecule has 0 atom stereocenters. The number of nitrogens with one attached hydrogen (secondary N) is 3. The number of aromatic nitrogens is 2. The average molecular weight is 664 g/mol. The van der Waals surface area contributed by atoms with Crippen LogP contribution < -0.4 is 31.6 Å². The Morgan fingerprint density at radius 3 is 2.58 bits per heavy atom. The smallest absolute Gasteiger partial charge is 0.387 e. The van der Waals surface area contributed by atoms with Crippen molar-refractivity contribution in [3.8, 4) is 5.75 Å². The molecule has 2 aliphatic heterocycles. The topological polar surface area (TPSA) is 207 Å². The van der Waals surface area contributed by atoms with Gasteiger partial charge in [0.05, 0.1) is 10.4 Å². The summed E-state index contributed by atoms with van der Waals surface area (Å²) in [5.74, 6) is -1.30. The van der Waals surface area contributed by atoms with Gasteiger partial charge in [-0.15, -0.1) is 0 Å². The molecule has 2 aromatic carbocycles. The number of hydrogen-bond acceptors (Lipinski definition) is 9. The van der Waals surface area contributed by atoms with Crippen molar-refractivity contribution in [2.45, 2.75) is 36.4 Å². The molecule has 3 heterocycles. The molecule has 45 heavy (non-hydrogen) atoms. The Bertz CT molecular complexity index is 1770. The summed E-state index contributed by atoms with van der Waals surface area (Å²) in [6.07, 6.45) is 1.03. The molecule has 3 aromatic rings. The number of carbonyl (C=O) groups excluding carboxylic acids is 2. The first kappa shape index (κ1) is 31.8. The normalized spacial score (nSPS) is 16.9. The molecular weight excluding hydrogens is 636 g/mol. The lowest BCUT2D eigenvalue weighted by Crippen LogP contribution is -2.53. The summed E-state index contributed by atoms with van der Waals surface area (Å²) in [7, 11) is -4.04. The van der Waals surface area contributed by atoms with E-state index < -0.39 is 28.1 Å². The molecule has 0 unspecified atom stereocenters. The van der Waals surface area contributed by atoms with E-state index in [1.54, 1.807) is 11.0 Å². The van der Waals surface area contributed by atoms with E-state index in [4.69, 9.17) is 23.1 Å². The monoisotopic (exact) mass is 663 g/mol. The molecule has 0 saturated carbocycles. The van der Waals surface area contributed by atoms with Crippen molar-refractivity contribution in [1.29, 1.82) is 0 Å². The number of rotatable bonds is 8. The third kappa shape index (κ3) is 7.38. The van der Waals surface area contributed by atoms with E-state index in [9.17, 15) is 26.8 Å². The third-order valence-corrected chi connectivity index (χ3v) is 8.96. The minimum atomic E-state index is -4.04. The number of likely N-dealkylation sites (tertiary alicyclic amines) is 1. The van der Waals surface area contributed by atoms with Crippen molar-refractivity contribution in [3.05, 3.63) is 70.5 Å². The van der Waals surface area contributed by atoms with Crippen molar-refractivity contribution in [1.82, 2.24) is 30.2 Å². The molecule has 1 spiro atoms. The number of piperidine rings is 1. The van der Waals surface area contributed by atoms with E-state index in [1.807, 2.05) is 0 Å². The van der Waals surface area contributed by atoms with Gasteiger partial charge in [0.2, 0.25) is 10.0 Å². The molecule has 18 heteroatoms. The maximum Gasteiger partial charge on any atom is 0.387 e. The maximum atomic E-state index is 13.3. The molecule has 7 N–H and O–H groups in total. The predicted molar refractivity (Wildman–Crippen MR) is 160 cm³/mol. The Morgan fingerprint density at radius 2 is 1.84 bits per heavy atom. The quantitative estimate of drug-likeness (QED) is 0.235. The van der Waals surface area contributed by atoms with Gasteiger partial charge in [-0.25, -0.2) is 23.1 Å². The van der Waals surface area contributed by atoms with Crippen molar-refractivity contribution in [3.63, 3.8) is 0 Å². The summed E-state index contributed by atoms with van der Waals surface area (Å²) >= 11 is 5.86. The van der Waals surface area contributed by atoms with Gasteiger partial charge in [0.15, 0.2) is 28.4 Å². The molecule has 2 saturated heterocycles. The van der Waals surface area contributed by atoms with Crippen molar-refractivity contribution in [2.24, 2.45) is 4.99 Å². The summed E-state index contributed by atoms with van der Waals surface area (Å²) in [6.45, 7) is -2.03. The molecule has 2 aliphatic rings. The molecule has 238 valence electrons. The summed E-state index contributed by atoms with van der Waals surface area (Å²) in [6, 6.07) is 11.3. The molecule has 1 aromatic heterocycles. The SMILES string of the molecule is Nc1nc(N)c(C(=O)/N=C2\NCC3(CCN(C(=O)c4cccc(S(=O)(=O)NCc5cccc(OC(F)F)c5)c4)CC3)N2)nc1Cl. The van der Waals surface area contributed by atoms with Crippen LogP contribution >= 0.6 is 11.6 Å². The molecule has 14 nitrogen and oxygen atoms in total. The predicted octanol–water partition coefficient (Wildman–Crippen LogP) is 1.74. The number of halogens is 3. The first-order chi connectivity index (χ1) is 21.3. The fourth-order valence-corrected chi connectivity index (χ4v) is 6.12. The zero-order chi connectivity index (χ0) is 32.4. The summed E-state index contributed by atoms with van der Waals surface area (Å²) in [5, 5.41) is 6.11. The van der Waals surface area contributed by atoms with E-state index in [1.165, 1.54) is 42.5 Å². The van der Waals surface area contributed by atoms with Crippen LogP contribution in [0.1, 0.15) is 39.3 Å². The first-order valence-electron chi connectivity index (χ1n) is 13.5. The standard InChI is InChI=1S/C27H28ClF2N9O5S/c28-20-22(32)36-21(31)19(35-20)23(40)37-26-33-14-27(38-26)7-9-39(10-8-27)24(41)16-4-2-6-18(12-16)45(42,43)34-13-15-3-1-5-17(11-15)44-25(29)30/h1-6,11-12,25,34H,7-10,13-14H2,(H4,31,32,36)(H2,33,37,38,40). The van der Waals surface area contributed by atoms with E-state index in [-0.39, 0.29) is 57.1 Å². The number of nitrogens with two attached hydrogens (primary N) is 2. The summed E-state index contributed by atoms with van der Waals surface area (Å²) in [4.78, 5) is 39.1. The molecule has 2 fully saturated rings. The number of nitrogen functional groups attached to an aromatic ring is 2. The zero-order valence-electron chi connectivity index (χ0n) is 23.5. The van der Waals surface area contributed by atoms with Crippen LogP contribution in [0.25, 0.3) is 0 Å². The number of guanidine groups is 1. The van der Waals surface area contributed by atoms with Gasteiger partial charge < -0.3 is 31.7 Å². The number of aliphatic imine (C=N–C) groups is 1. The van der Waals surface area contributed by atoms with E-state index in [0.717, 1.165) is 0 Å². The zero-order valence-corrected chi connectivity index (χ0v) is 25.0. The van der Waals surface area contributed by atoms with Crippen LogP contribution in [0.2, 0.25) is 5.15 Å². The number of hydrogen-bond donors (Lipinski definition) is 5. The Morgan fingerprint density at radius 1 is 1.11 bits per heavy atom. The fraction of sp³-hybridized carbons (Fsp3) is 0.296. The van der Waals surface area contributed by atoms with Gasteiger partial charge in [-0.2, -0.15) is 13.8 Å². The van der Waals surface area contributed by atoms with Crippen LogP contribution in [-0.4, -0.2) is 72.8 Å². The lowest BCUT2D eigenvalue weighted by atomic mass is 9.88. The second kappa shape index (κ2) is 12.8. The number of anilines is 2. The Balaban J connectivity index is 1.19. The number of sulfonamides is 1. The molecule has 0 bridgehead atoms. The van der Waals surface area contributed by atoms with E-state index >= 15 is 0 Å². The minimum absolute atomic E-state index is 0.0956. The molecule has 0 radical (unpaired) electrons. The van der Waals surface area contributed by atoms with Gasteiger partial charge in [0.25, 0.3) is 5.91 Å². The van der Waals surface area contributed by atoms with Crippen LogP contribution in [-0.2, 0) is 16.6 Å². The van der Waals surface area contributed by atoms with Gasteiger partial charge in [-0.3, -0.25) is 9.59 Å². The third-order valence-electron chi connectivity index (χ3n) is 7.29. The summed E-state index contributed by atoms with van der Waals surface area (Å²) < 4.78 is 57.7. The van der Waals surface area contributed by atoms with Crippen LogP contribution in [0.15, 0.2) is 58.4 Å². The van der Waals surface area contributed by atoms with Gasteiger partial charge in [-0.1, -0.05) is 29.8 Å². The highest BCUT2D eigenvalue weighted by Gasteiger charge is 2.41. The number of alkyl halides is 2. The number of ether oxygens (including phenoxy) is 1. The van der Waals surface area contributed by atoms with E-state index in [0.29, 0.717) is 38.0 Å². The second-order valence-electron chi connectivity index (χ2n) is 10.3.